The predicted octanol–water partition coefficient (Wildman–Crippen LogP) is 2.19. The molecule has 3 N–H and O–H groups in total. The minimum atomic E-state index is 0.268. The first-order valence-electron chi connectivity index (χ1n) is 7.59. The van der Waals surface area contributed by atoms with Crippen molar-refractivity contribution in [2.75, 3.05) is 26.2 Å². The zero-order chi connectivity index (χ0) is 15.5. The van der Waals surface area contributed by atoms with E-state index in [-0.39, 0.29) is 5.75 Å². The van der Waals surface area contributed by atoms with Gasteiger partial charge >= 0.3 is 0 Å². The minimum absolute atomic E-state index is 0.268. The lowest BCUT2D eigenvalue weighted by molar-refractivity contribution is 0.474. The van der Waals surface area contributed by atoms with Crippen LogP contribution in [0, 0.1) is 0 Å². The van der Waals surface area contributed by atoms with E-state index in [1.165, 1.54) is 5.56 Å². The van der Waals surface area contributed by atoms with Crippen LogP contribution in [0.3, 0.4) is 0 Å². The van der Waals surface area contributed by atoms with E-state index in [2.05, 4.69) is 39.9 Å². The van der Waals surface area contributed by atoms with Gasteiger partial charge in [0.1, 0.15) is 5.75 Å². The molecule has 0 aliphatic heterocycles. The molecule has 2 rings (SSSR count). The fourth-order valence-electron chi connectivity index (χ4n) is 2.03. The number of nitrogens with one attached hydrogen (secondary N) is 2. The fourth-order valence-corrected chi connectivity index (χ4v) is 2.03. The van der Waals surface area contributed by atoms with Crippen molar-refractivity contribution in [2.24, 2.45) is 4.99 Å². The average Bonchev–Trinajstić information content (AvgIpc) is 2.56. The number of hydrogen-bond acceptors (Lipinski definition) is 4. The summed E-state index contributed by atoms with van der Waals surface area (Å²) in [4.78, 5) is 4.30. The molecule has 0 amide bonds. The number of phenolic OH excluding ortho intramolecular Hbond substituents is 1. The summed E-state index contributed by atoms with van der Waals surface area (Å²) in [5.74, 6) is 0.268. The molecule has 0 saturated carbocycles. The van der Waals surface area contributed by atoms with E-state index in [0.29, 0.717) is 6.54 Å². The summed E-state index contributed by atoms with van der Waals surface area (Å²) in [5.41, 5.74) is 2.06. The lowest BCUT2D eigenvalue weighted by Gasteiger charge is -2.05. The zero-order valence-electron chi connectivity index (χ0n) is 12.7. The molecular formula is C18H23N3O. The molecule has 0 aromatic heterocycles. The Morgan fingerprint density at radius 3 is 2.41 bits per heavy atom. The van der Waals surface area contributed by atoms with Crippen molar-refractivity contribution in [3.63, 3.8) is 0 Å². The van der Waals surface area contributed by atoms with Crippen LogP contribution in [0.2, 0.25) is 0 Å². The van der Waals surface area contributed by atoms with Gasteiger partial charge in [0.15, 0.2) is 0 Å². The van der Waals surface area contributed by atoms with Crippen molar-refractivity contribution in [1.82, 2.24) is 10.6 Å². The predicted molar refractivity (Wildman–Crippen MR) is 91.6 cm³/mol. The molecule has 0 bridgehead atoms. The highest BCUT2D eigenvalue weighted by atomic mass is 16.3. The number of benzene rings is 2. The van der Waals surface area contributed by atoms with Gasteiger partial charge in [-0.3, -0.25) is 4.99 Å². The van der Waals surface area contributed by atoms with Gasteiger partial charge in [-0.2, -0.15) is 0 Å². The second-order valence-corrected chi connectivity index (χ2v) is 5.01. The summed E-state index contributed by atoms with van der Waals surface area (Å²) in [5, 5.41) is 16.3. The van der Waals surface area contributed by atoms with E-state index < -0.39 is 0 Å². The molecule has 2 aromatic carbocycles. The molecule has 0 radical (unpaired) electrons. The largest absolute Gasteiger partial charge is 0.507 e. The Kier molecular flexibility index (Phi) is 7.15. The van der Waals surface area contributed by atoms with Crippen LogP contribution in [-0.2, 0) is 6.54 Å². The summed E-state index contributed by atoms with van der Waals surface area (Å²) in [7, 11) is 0. The van der Waals surface area contributed by atoms with Crippen LogP contribution < -0.4 is 10.6 Å². The first-order valence-corrected chi connectivity index (χ1v) is 7.59. The second-order valence-electron chi connectivity index (χ2n) is 5.01. The van der Waals surface area contributed by atoms with E-state index in [0.717, 1.165) is 31.7 Å². The van der Waals surface area contributed by atoms with E-state index in [4.69, 9.17) is 0 Å². The highest BCUT2D eigenvalue weighted by molar-refractivity contribution is 5.83. The lowest BCUT2D eigenvalue weighted by Crippen LogP contribution is -2.28. The smallest absolute Gasteiger partial charge is 0.124 e. The quantitative estimate of drug-likeness (QED) is 0.491. The monoisotopic (exact) mass is 297 g/mol. The topological polar surface area (TPSA) is 56.7 Å². The highest BCUT2D eigenvalue weighted by Crippen LogP contribution is 2.12. The number of phenols is 1. The molecule has 0 saturated heterocycles. The Labute approximate surface area is 131 Å². The Balaban J connectivity index is 1.50. The molecule has 0 heterocycles. The Hall–Kier alpha value is -2.17. The maximum atomic E-state index is 9.59. The third-order valence-corrected chi connectivity index (χ3v) is 3.24. The number of aliphatic imine (C=N–C) groups is 1. The van der Waals surface area contributed by atoms with Gasteiger partial charge in [0.2, 0.25) is 0 Å². The fraction of sp³-hybridized carbons (Fsp3) is 0.278. The molecular weight excluding hydrogens is 274 g/mol. The zero-order valence-corrected chi connectivity index (χ0v) is 12.7. The average molecular weight is 297 g/mol. The molecule has 4 heteroatoms. The van der Waals surface area contributed by atoms with Gasteiger partial charge in [-0.1, -0.05) is 42.5 Å². The molecule has 0 fully saturated rings. The minimum Gasteiger partial charge on any atom is -0.507 e. The van der Waals surface area contributed by atoms with Crippen LogP contribution in [0.5, 0.6) is 5.75 Å². The summed E-state index contributed by atoms with van der Waals surface area (Å²) in [6, 6.07) is 17.6. The summed E-state index contributed by atoms with van der Waals surface area (Å²) in [6.45, 7) is 4.27. The number of nitrogens with zero attached hydrogens (tertiary/aromatic N) is 1. The number of aromatic hydroxyl groups is 1. The van der Waals surface area contributed by atoms with Crippen molar-refractivity contribution >= 4 is 6.21 Å². The second kappa shape index (κ2) is 9.71. The van der Waals surface area contributed by atoms with Crippen molar-refractivity contribution < 1.29 is 5.11 Å². The van der Waals surface area contributed by atoms with Crippen LogP contribution in [0.15, 0.2) is 59.6 Å². The number of para-hydroxylation sites is 1. The molecule has 0 aliphatic rings. The van der Waals surface area contributed by atoms with Gasteiger partial charge in [0.05, 0.1) is 6.54 Å². The first-order chi connectivity index (χ1) is 10.9. The van der Waals surface area contributed by atoms with Crippen LogP contribution in [0.4, 0.5) is 0 Å². The van der Waals surface area contributed by atoms with Gasteiger partial charge in [-0.25, -0.2) is 0 Å². The summed E-state index contributed by atoms with van der Waals surface area (Å²) >= 11 is 0. The van der Waals surface area contributed by atoms with Gasteiger partial charge in [0.25, 0.3) is 0 Å². The standard InChI is InChI=1S/C18H23N3O/c22-18-9-5-4-8-17(18)15-21-13-11-19-10-12-20-14-16-6-2-1-3-7-16/h1-9,15,19-20,22H,10-14H2. The number of rotatable bonds is 9. The van der Waals surface area contributed by atoms with Crippen molar-refractivity contribution in [3.8, 4) is 5.75 Å². The molecule has 0 unspecified atom stereocenters. The Morgan fingerprint density at radius 1 is 0.864 bits per heavy atom. The molecule has 2 aromatic rings. The Bertz CT molecular complexity index is 570. The van der Waals surface area contributed by atoms with Crippen molar-refractivity contribution in [3.05, 3.63) is 65.7 Å². The molecule has 116 valence electrons. The van der Waals surface area contributed by atoms with E-state index in [1.54, 1.807) is 18.3 Å². The number of hydrogen-bond donors (Lipinski definition) is 3. The maximum Gasteiger partial charge on any atom is 0.124 e. The molecule has 4 nitrogen and oxygen atoms in total. The van der Waals surface area contributed by atoms with Crippen LogP contribution >= 0.6 is 0 Å². The van der Waals surface area contributed by atoms with E-state index in [1.807, 2.05) is 18.2 Å². The normalized spacial score (nSPS) is 11.1. The summed E-state index contributed by atoms with van der Waals surface area (Å²) in [6.07, 6.45) is 1.71. The van der Waals surface area contributed by atoms with Crippen molar-refractivity contribution in [2.45, 2.75) is 6.54 Å². The molecule has 0 atom stereocenters. The van der Waals surface area contributed by atoms with Crippen LogP contribution in [0.1, 0.15) is 11.1 Å². The third-order valence-electron chi connectivity index (χ3n) is 3.24. The van der Waals surface area contributed by atoms with Crippen LogP contribution in [0.25, 0.3) is 0 Å². The maximum absolute atomic E-state index is 9.59. The molecule has 0 aliphatic carbocycles. The lowest BCUT2D eigenvalue weighted by atomic mass is 10.2. The third kappa shape index (κ3) is 6.08. The van der Waals surface area contributed by atoms with Gasteiger partial charge in [0, 0.05) is 38.0 Å². The first kappa shape index (κ1) is 16.2. The molecule has 22 heavy (non-hydrogen) atoms. The Morgan fingerprint density at radius 2 is 1.59 bits per heavy atom. The van der Waals surface area contributed by atoms with E-state index in [9.17, 15) is 5.11 Å². The van der Waals surface area contributed by atoms with Gasteiger partial charge < -0.3 is 15.7 Å². The van der Waals surface area contributed by atoms with Crippen molar-refractivity contribution in [1.29, 1.82) is 0 Å². The SMILES string of the molecule is Oc1ccccc1C=NCCNCCNCc1ccccc1. The summed E-state index contributed by atoms with van der Waals surface area (Å²) < 4.78 is 0. The van der Waals surface area contributed by atoms with E-state index >= 15 is 0 Å². The molecule has 0 spiro atoms. The van der Waals surface area contributed by atoms with Gasteiger partial charge in [-0.15, -0.1) is 0 Å². The highest BCUT2D eigenvalue weighted by Gasteiger charge is 1.94. The van der Waals surface area contributed by atoms with Crippen LogP contribution in [-0.4, -0.2) is 37.5 Å². The van der Waals surface area contributed by atoms with Gasteiger partial charge in [-0.05, 0) is 17.7 Å².